The zero-order chi connectivity index (χ0) is 8.81. The zero-order valence-electron chi connectivity index (χ0n) is 6.37. The Morgan fingerprint density at radius 3 is 2.33 bits per heavy atom. The average Bonchev–Trinajstić information content (AvgIpc) is 2.09. The molecule has 0 radical (unpaired) electrons. The molecule has 0 bridgehead atoms. The molecule has 0 aliphatic carbocycles. The molecule has 2 heteroatoms. The van der Waals surface area contributed by atoms with Crippen LogP contribution in [0.1, 0.15) is 5.56 Å². The van der Waals surface area contributed by atoms with Crippen LogP contribution in [0.2, 0.25) is 5.02 Å². The van der Waals surface area contributed by atoms with Crippen LogP contribution in [-0.4, -0.2) is 0 Å². The predicted octanol–water partition coefficient (Wildman–Crippen LogP) is 4.26. The van der Waals surface area contributed by atoms with Crippen molar-refractivity contribution in [3.8, 4) is 0 Å². The Morgan fingerprint density at radius 1 is 1.08 bits per heavy atom. The number of hydrogen-bond acceptors (Lipinski definition) is 0. The molecule has 1 aromatic carbocycles. The van der Waals surface area contributed by atoms with E-state index in [1.165, 1.54) is 0 Å². The molecule has 0 spiro atoms. The molecule has 0 saturated carbocycles. The third kappa shape index (κ3) is 3.24. The molecule has 12 heavy (non-hydrogen) atoms. The Kier molecular flexibility index (Phi) is 4.12. The van der Waals surface area contributed by atoms with E-state index in [9.17, 15) is 0 Å². The largest absolute Gasteiger partial charge is 0.0843 e. The van der Waals surface area contributed by atoms with Crippen LogP contribution < -0.4 is 0 Å². The van der Waals surface area contributed by atoms with E-state index >= 15 is 0 Å². The number of benzene rings is 1. The molecule has 0 unspecified atom stereocenters. The fourth-order valence-electron chi connectivity index (χ4n) is 0.783. The Bertz CT molecular complexity index is 285. The molecule has 1 rings (SSSR count). The predicted molar refractivity (Wildman–Crippen MR) is 58.6 cm³/mol. The van der Waals surface area contributed by atoms with Crippen molar-refractivity contribution in [3.05, 3.63) is 52.0 Å². The van der Waals surface area contributed by atoms with Crippen molar-refractivity contribution in [2.24, 2.45) is 0 Å². The van der Waals surface area contributed by atoms with Gasteiger partial charge in [0.15, 0.2) is 0 Å². The van der Waals surface area contributed by atoms with Crippen LogP contribution in [0, 0.1) is 0 Å². The molecule has 62 valence electrons. The molecule has 0 aliphatic heterocycles. The van der Waals surface area contributed by atoms with Gasteiger partial charge in [0.25, 0.3) is 0 Å². The van der Waals surface area contributed by atoms with Crippen molar-refractivity contribution in [2.45, 2.75) is 0 Å². The quantitative estimate of drug-likeness (QED) is 0.681. The summed E-state index contributed by atoms with van der Waals surface area (Å²) in [6, 6.07) is 7.69. The molecule has 0 atom stereocenters. The van der Waals surface area contributed by atoms with Gasteiger partial charge >= 0.3 is 0 Å². The summed E-state index contributed by atoms with van der Waals surface area (Å²) in [7, 11) is 0. The summed E-state index contributed by atoms with van der Waals surface area (Å²) in [4.78, 5) is 1.80. The van der Waals surface area contributed by atoms with Gasteiger partial charge in [0.1, 0.15) is 0 Å². The smallest absolute Gasteiger partial charge is 0.0406 e. The van der Waals surface area contributed by atoms with Crippen molar-refractivity contribution < 1.29 is 0 Å². The van der Waals surface area contributed by atoms with Crippen LogP contribution in [-0.2, 0) is 0 Å². The van der Waals surface area contributed by atoms with Gasteiger partial charge < -0.3 is 0 Å². The summed E-state index contributed by atoms with van der Waals surface area (Å²) >= 11 is 8.91. The molecule has 0 saturated heterocycles. The van der Waals surface area contributed by atoms with Crippen LogP contribution in [0.15, 0.2) is 41.4 Å². The molecule has 0 heterocycles. The first-order chi connectivity index (χ1) is 5.83. The molecule has 1 aromatic rings. The Balaban J connectivity index is 2.70. The lowest BCUT2D eigenvalue weighted by molar-refractivity contribution is 1.66. The molecule has 0 amide bonds. The lowest BCUT2D eigenvalue weighted by Gasteiger charge is -1.91. The third-order valence-electron chi connectivity index (χ3n) is 1.34. The first-order valence-electron chi connectivity index (χ1n) is 3.52. The van der Waals surface area contributed by atoms with Gasteiger partial charge in [0.2, 0.25) is 0 Å². The SMILES string of the molecule is Clc1ccc(/C=C/C=C/Br)cc1. The second-order valence-corrected chi connectivity index (χ2v) is 3.19. The van der Waals surface area contributed by atoms with E-state index in [4.69, 9.17) is 11.6 Å². The van der Waals surface area contributed by atoms with Crippen LogP contribution in [0.4, 0.5) is 0 Å². The van der Waals surface area contributed by atoms with Gasteiger partial charge in [-0.15, -0.1) is 0 Å². The Morgan fingerprint density at radius 2 is 1.75 bits per heavy atom. The highest BCUT2D eigenvalue weighted by molar-refractivity contribution is 9.11. The molecule has 0 N–H and O–H groups in total. The molecule has 0 aromatic heterocycles. The van der Waals surface area contributed by atoms with E-state index in [2.05, 4.69) is 15.9 Å². The van der Waals surface area contributed by atoms with E-state index < -0.39 is 0 Å². The third-order valence-corrected chi connectivity index (χ3v) is 1.90. The van der Waals surface area contributed by atoms with Crippen LogP contribution in [0.5, 0.6) is 0 Å². The number of hydrogen-bond donors (Lipinski definition) is 0. The van der Waals surface area contributed by atoms with Crippen LogP contribution >= 0.6 is 27.5 Å². The van der Waals surface area contributed by atoms with E-state index in [1.807, 2.05) is 42.5 Å². The van der Waals surface area contributed by atoms with Crippen molar-refractivity contribution in [1.29, 1.82) is 0 Å². The summed E-state index contributed by atoms with van der Waals surface area (Å²) in [5, 5.41) is 0.767. The average molecular weight is 244 g/mol. The fourth-order valence-corrected chi connectivity index (χ4v) is 1.08. The highest BCUT2D eigenvalue weighted by Gasteiger charge is 1.85. The zero-order valence-corrected chi connectivity index (χ0v) is 8.72. The summed E-state index contributed by atoms with van der Waals surface area (Å²) in [5.41, 5.74) is 1.14. The highest BCUT2D eigenvalue weighted by Crippen LogP contribution is 2.10. The van der Waals surface area contributed by atoms with Gasteiger partial charge in [-0.25, -0.2) is 0 Å². The summed E-state index contributed by atoms with van der Waals surface area (Å²) in [6.45, 7) is 0. The molecule has 0 nitrogen and oxygen atoms in total. The molecule has 0 aliphatic rings. The summed E-state index contributed by atoms with van der Waals surface area (Å²) < 4.78 is 0. The van der Waals surface area contributed by atoms with Gasteiger partial charge in [0, 0.05) is 5.02 Å². The first-order valence-corrected chi connectivity index (χ1v) is 4.81. The topological polar surface area (TPSA) is 0 Å². The van der Waals surface area contributed by atoms with E-state index in [0.717, 1.165) is 10.6 Å². The van der Waals surface area contributed by atoms with Crippen molar-refractivity contribution in [1.82, 2.24) is 0 Å². The summed E-state index contributed by atoms with van der Waals surface area (Å²) in [5.74, 6) is 0. The van der Waals surface area contributed by atoms with Crippen LogP contribution in [0.3, 0.4) is 0 Å². The van der Waals surface area contributed by atoms with E-state index in [0.29, 0.717) is 0 Å². The maximum atomic E-state index is 5.73. The molecular weight excluding hydrogens is 235 g/mol. The highest BCUT2D eigenvalue weighted by atomic mass is 79.9. The van der Waals surface area contributed by atoms with Crippen molar-refractivity contribution in [3.63, 3.8) is 0 Å². The van der Waals surface area contributed by atoms with Crippen LogP contribution in [0.25, 0.3) is 6.08 Å². The van der Waals surface area contributed by atoms with Gasteiger partial charge in [-0.05, 0) is 22.7 Å². The maximum Gasteiger partial charge on any atom is 0.0406 e. The molecular formula is C10H8BrCl. The lowest BCUT2D eigenvalue weighted by atomic mass is 10.2. The minimum absolute atomic E-state index is 0.767. The molecule has 0 fully saturated rings. The Hall–Kier alpha value is -0.530. The number of halogens is 2. The standard InChI is InChI=1S/C10H8BrCl/c11-8-2-1-3-9-4-6-10(12)7-5-9/h1-8H/b3-1+,8-2+. The van der Waals surface area contributed by atoms with Crippen molar-refractivity contribution >= 4 is 33.6 Å². The van der Waals surface area contributed by atoms with E-state index in [-0.39, 0.29) is 0 Å². The van der Waals surface area contributed by atoms with Gasteiger partial charge in [0.05, 0.1) is 0 Å². The van der Waals surface area contributed by atoms with Gasteiger partial charge in [-0.1, -0.05) is 57.9 Å². The number of allylic oxidation sites excluding steroid dienone is 2. The number of rotatable bonds is 2. The summed E-state index contributed by atoms with van der Waals surface area (Å²) in [6.07, 6.45) is 5.88. The normalized spacial score (nSPS) is 11.5. The Labute approximate surface area is 85.7 Å². The van der Waals surface area contributed by atoms with Gasteiger partial charge in [-0.3, -0.25) is 0 Å². The van der Waals surface area contributed by atoms with Crippen molar-refractivity contribution in [2.75, 3.05) is 0 Å². The first kappa shape index (κ1) is 9.56. The monoisotopic (exact) mass is 242 g/mol. The maximum absolute atomic E-state index is 5.73. The van der Waals surface area contributed by atoms with E-state index in [1.54, 1.807) is 4.99 Å². The fraction of sp³-hybridized carbons (Fsp3) is 0. The minimum Gasteiger partial charge on any atom is -0.0843 e. The second kappa shape index (κ2) is 5.18. The minimum atomic E-state index is 0.767. The lowest BCUT2D eigenvalue weighted by Crippen LogP contribution is -1.68. The second-order valence-electron chi connectivity index (χ2n) is 2.23. The van der Waals surface area contributed by atoms with Gasteiger partial charge in [-0.2, -0.15) is 0 Å².